The van der Waals surface area contributed by atoms with Gasteiger partial charge in [-0.1, -0.05) is 64.5 Å². The van der Waals surface area contributed by atoms with E-state index in [0.717, 1.165) is 22.3 Å². The van der Waals surface area contributed by atoms with Gasteiger partial charge in [0.15, 0.2) is 0 Å². The van der Waals surface area contributed by atoms with E-state index in [0.29, 0.717) is 12.2 Å². The van der Waals surface area contributed by atoms with Crippen LogP contribution in [0.1, 0.15) is 16.7 Å². The summed E-state index contributed by atoms with van der Waals surface area (Å²) in [6, 6.07) is 24.2. The highest BCUT2D eigenvalue weighted by molar-refractivity contribution is 9.10. The molecule has 6 heteroatoms. The second kappa shape index (κ2) is 8.80. The summed E-state index contributed by atoms with van der Waals surface area (Å²) in [5, 5.41) is 0. The first-order valence-electron chi connectivity index (χ1n) is 8.92. The zero-order valence-corrected chi connectivity index (χ0v) is 18.3. The summed E-state index contributed by atoms with van der Waals surface area (Å²) >= 11 is 3.48. The van der Waals surface area contributed by atoms with Gasteiger partial charge in [-0.25, -0.2) is 8.42 Å². The zero-order chi connectivity index (χ0) is 20.1. The van der Waals surface area contributed by atoms with Crippen LogP contribution in [0.2, 0.25) is 0 Å². The minimum Gasteiger partial charge on any atom is -0.363 e. The average molecular weight is 459 g/mol. The van der Waals surface area contributed by atoms with Gasteiger partial charge in [-0.15, -0.1) is 0 Å². The maximum atomic E-state index is 11.7. The summed E-state index contributed by atoms with van der Waals surface area (Å²) in [4.78, 5) is 2.27. The second-order valence-electron chi connectivity index (χ2n) is 6.79. The summed E-state index contributed by atoms with van der Waals surface area (Å²) in [6.45, 7) is 3.38. The largest absolute Gasteiger partial charge is 0.363 e. The van der Waals surface area contributed by atoms with Crippen molar-refractivity contribution in [1.82, 2.24) is 0 Å². The van der Waals surface area contributed by atoms with E-state index in [1.165, 1.54) is 17.4 Å². The minimum atomic E-state index is -3.34. The van der Waals surface area contributed by atoms with Crippen molar-refractivity contribution in [2.24, 2.45) is 0 Å². The molecule has 0 aliphatic heterocycles. The molecule has 0 atom stereocenters. The fourth-order valence-electron chi connectivity index (χ4n) is 3.12. The SMILES string of the molecule is Cc1c(NS(C)(=O)=O)cccc1N(Cc1ccccc1)Cc1ccc(Br)cc1. The predicted octanol–water partition coefficient (Wildman–Crippen LogP) is 5.34. The van der Waals surface area contributed by atoms with Crippen molar-refractivity contribution in [3.05, 3.63) is 94.0 Å². The van der Waals surface area contributed by atoms with Crippen LogP contribution in [0.3, 0.4) is 0 Å². The van der Waals surface area contributed by atoms with Crippen LogP contribution in [0.5, 0.6) is 0 Å². The van der Waals surface area contributed by atoms with Gasteiger partial charge >= 0.3 is 0 Å². The molecule has 0 saturated heterocycles. The molecular weight excluding hydrogens is 436 g/mol. The van der Waals surface area contributed by atoms with E-state index in [1.807, 2.05) is 49.4 Å². The molecule has 0 heterocycles. The van der Waals surface area contributed by atoms with Gasteiger partial charge in [0, 0.05) is 23.2 Å². The lowest BCUT2D eigenvalue weighted by Gasteiger charge is -2.28. The Balaban J connectivity index is 1.98. The summed E-state index contributed by atoms with van der Waals surface area (Å²) in [5.41, 5.74) is 4.88. The van der Waals surface area contributed by atoms with Crippen molar-refractivity contribution < 1.29 is 8.42 Å². The van der Waals surface area contributed by atoms with Crippen LogP contribution >= 0.6 is 15.9 Å². The predicted molar refractivity (Wildman–Crippen MR) is 120 cm³/mol. The first-order chi connectivity index (χ1) is 13.3. The molecule has 4 nitrogen and oxygen atoms in total. The third-order valence-corrected chi connectivity index (χ3v) is 5.56. The molecule has 0 unspecified atom stereocenters. The number of benzene rings is 3. The average Bonchev–Trinajstić information content (AvgIpc) is 2.65. The van der Waals surface area contributed by atoms with E-state index in [9.17, 15) is 8.42 Å². The van der Waals surface area contributed by atoms with E-state index in [-0.39, 0.29) is 0 Å². The Morgan fingerprint density at radius 3 is 2.07 bits per heavy atom. The molecule has 28 heavy (non-hydrogen) atoms. The summed E-state index contributed by atoms with van der Waals surface area (Å²) in [7, 11) is -3.34. The van der Waals surface area contributed by atoms with E-state index < -0.39 is 10.0 Å². The molecular formula is C22H23BrN2O2S. The highest BCUT2D eigenvalue weighted by atomic mass is 79.9. The topological polar surface area (TPSA) is 49.4 Å². The Bertz CT molecular complexity index is 1040. The fourth-order valence-corrected chi connectivity index (χ4v) is 4.00. The van der Waals surface area contributed by atoms with Crippen LogP contribution in [-0.4, -0.2) is 14.7 Å². The highest BCUT2D eigenvalue weighted by Crippen LogP contribution is 2.30. The number of hydrogen-bond donors (Lipinski definition) is 1. The van der Waals surface area contributed by atoms with Crippen molar-refractivity contribution >= 4 is 37.3 Å². The zero-order valence-electron chi connectivity index (χ0n) is 15.9. The number of anilines is 2. The van der Waals surface area contributed by atoms with E-state index >= 15 is 0 Å². The Morgan fingerprint density at radius 1 is 0.857 bits per heavy atom. The molecule has 3 rings (SSSR count). The lowest BCUT2D eigenvalue weighted by atomic mass is 10.1. The van der Waals surface area contributed by atoms with Crippen molar-refractivity contribution in [3.63, 3.8) is 0 Å². The van der Waals surface area contributed by atoms with Gasteiger partial charge in [0.2, 0.25) is 10.0 Å². The molecule has 0 radical (unpaired) electrons. The van der Waals surface area contributed by atoms with Gasteiger partial charge in [0.25, 0.3) is 0 Å². The maximum absolute atomic E-state index is 11.7. The Morgan fingerprint density at radius 2 is 1.46 bits per heavy atom. The lowest BCUT2D eigenvalue weighted by molar-refractivity contribution is 0.606. The smallest absolute Gasteiger partial charge is 0.229 e. The third kappa shape index (κ3) is 5.59. The Kier molecular flexibility index (Phi) is 6.42. The number of halogens is 1. The first-order valence-corrected chi connectivity index (χ1v) is 11.6. The maximum Gasteiger partial charge on any atom is 0.229 e. The van der Waals surface area contributed by atoms with Crippen LogP contribution in [0.25, 0.3) is 0 Å². The number of sulfonamides is 1. The molecule has 0 saturated carbocycles. The van der Waals surface area contributed by atoms with Crippen LogP contribution in [0.4, 0.5) is 11.4 Å². The number of rotatable bonds is 7. The molecule has 0 bridgehead atoms. The standard InChI is InChI=1S/C22H23BrN2O2S/c1-17-21(24-28(2,26)27)9-6-10-22(17)25(15-18-7-4-3-5-8-18)16-19-11-13-20(23)14-12-19/h3-14,24H,15-16H2,1-2H3. The Hall–Kier alpha value is -2.31. The minimum absolute atomic E-state index is 0.605. The summed E-state index contributed by atoms with van der Waals surface area (Å²) < 4.78 is 27.1. The molecule has 3 aromatic carbocycles. The molecule has 0 aliphatic rings. The molecule has 0 amide bonds. The van der Waals surface area contributed by atoms with Gasteiger partial charge in [0.1, 0.15) is 0 Å². The van der Waals surface area contributed by atoms with E-state index in [2.05, 4.69) is 49.8 Å². The van der Waals surface area contributed by atoms with Gasteiger partial charge in [-0.2, -0.15) is 0 Å². The molecule has 3 aromatic rings. The fraction of sp³-hybridized carbons (Fsp3) is 0.182. The normalized spacial score (nSPS) is 11.2. The highest BCUT2D eigenvalue weighted by Gasteiger charge is 2.15. The Labute approximate surface area is 175 Å². The van der Waals surface area contributed by atoms with Crippen LogP contribution in [0.15, 0.2) is 77.3 Å². The second-order valence-corrected chi connectivity index (χ2v) is 9.46. The molecule has 146 valence electrons. The molecule has 0 spiro atoms. The van der Waals surface area contributed by atoms with Crippen molar-refractivity contribution in [2.75, 3.05) is 15.9 Å². The summed E-state index contributed by atoms with van der Waals surface area (Å²) in [6.07, 6.45) is 1.17. The molecule has 0 fully saturated rings. The molecule has 1 N–H and O–H groups in total. The molecule has 0 aliphatic carbocycles. The van der Waals surface area contributed by atoms with Crippen LogP contribution in [0, 0.1) is 6.92 Å². The van der Waals surface area contributed by atoms with Crippen molar-refractivity contribution in [2.45, 2.75) is 20.0 Å². The third-order valence-electron chi connectivity index (χ3n) is 4.44. The lowest BCUT2D eigenvalue weighted by Crippen LogP contribution is -2.23. The van der Waals surface area contributed by atoms with Gasteiger partial charge in [-0.05, 0) is 47.9 Å². The quantitative estimate of drug-likeness (QED) is 0.519. The molecule has 0 aromatic heterocycles. The van der Waals surface area contributed by atoms with Crippen LogP contribution < -0.4 is 9.62 Å². The number of hydrogen-bond acceptors (Lipinski definition) is 3. The van der Waals surface area contributed by atoms with E-state index in [1.54, 1.807) is 6.07 Å². The first kappa shape index (κ1) is 20.4. The number of nitrogens with zero attached hydrogens (tertiary/aromatic N) is 1. The van der Waals surface area contributed by atoms with Gasteiger partial charge in [-0.3, -0.25) is 4.72 Å². The number of nitrogens with one attached hydrogen (secondary N) is 1. The van der Waals surface area contributed by atoms with E-state index in [4.69, 9.17) is 0 Å². The summed E-state index contributed by atoms with van der Waals surface area (Å²) in [5.74, 6) is 0. The van der Waals surface area contributed by atoms with Crippen molar-refractivity contribution in [1.29, 1.82) is 0 Å². The van der Waals surface area contributed by atoms with Crippen LogP contribution in [-0.2, 0) is 23.1 Å². The monoisotopic (exact) mass is 458 g/mol. The van der Waals surface area contributed by atoms with Gasteiger partial charge in [0.05, 0.1) is 11.9 Å². The van der Waals surface area contributed by atoms with Gasteiger partial charge < -0.3 is 4.90 Å². The van der Waals surface area contributed by atoms with Crippen molar-refractivity contribution in [3.8, 4) is 0 Å².